The van der Waals surface area contributed by atoms with E-state index in [2.05, 4.69) is 43.1 Å². The lowest BCUT2D eigenvalue weighted by atomic mass is 10.2. The fourth-order valence-electron chi connectivity index (χ4n) is 1.24. The van der Waals surface area contributed by atoms with Crippen LogP contribution in [-0.4, -0.2) is 35.7 Å². The maximum atomic E-state index is 3.83. The Labute approximate surface area is 92.5 Å². The first-order valence-electron chi connectivity index (χ1n) is 5.61. The first kappa shape index (κ1) is 12.4. The van der Waals surface area contributed by atoms with Crippen LogP contribution < -0.4 is 4.65 Å². The zero-order chi connectivity index (χ0) is 10.8. The fraction of sp³-hybridized carbons (Fsp3) is 1.00. The van der Waals surface area contributed by atoms with E-state index < -0.39 is 8.24 Å². The van der Waals surface area contributed by atoms with Crippen molar-refractivity contribution in [3.63, 3.8) is 0 Å². The number of hydrogen-bond acceptors (Lipinski definition) is 2. The zero-order valence-corrected chi connectivity index (χ0v) is 12.3. The van der Waals surface area contributed by atoms with Gasteiger partial charge in [0, 0.05) is 0 Å². The predicted octanol–water partition coefficient (Wildman–Crippen LogP) is 2.21. The highest BCUT2D eigenvalue weighted by Crippen LogP contribution is 2.33. The van der Waals surface area contributed by atoms with Crippen molar-refractivity contribution in [2.75, 3.05) is 13.1 Å². The molecule has 0 aliphatic carbocycles. The maximum absolute atomic E-state index is 3.83. The van der Waals surface area contributed by atoms with Gasteiger partial charge < -0.3 is 9.21 Å². The van der Waals surface area contributed by atoms with Gasteiger partial charge >= 0.3 is 0 Å². The van der Waals surface area contributed by atoms with Crippen molar-refractivity contribution in [3.05, 3.63) is 0 Å². The summed E-state index contributed by atoms with van der Waals surface area (Å²) >= 11 is 0. The molecule has 1 aliphatic rings. The van der Waals surface area contributed by atoms with Gasteiger partial charge in [0.25, 0.3) is 0 Å². The van der Waals surface area contributed by atoms with Crippen molar-refractivity contribution in [1.82, 2.24) is 9.21 Å². The normalized spacial score (nSPS) is 20.4. The summed E-state index contributed by atoms with van der Waals surface area (Å²) in [4.78, 5) is 0. The van der Waals surface area contributed by atoms with Gasteiger partial charge in [0.05, 0.1) is 0 Å². The van der Waals surface area contributed by atoms with E-state index >= 15 is 0 Å². The van der Waals surface area contributed by atoms with Gasteiger partial charge in [0.1, 0.15) is 8.24 Å². The summed E-state index contributed by atoms with van der Waals surface area (Å²) in [7, 11) is -0.396. The van der Waals surface area contributed by atoms with Crippen LogP contribution >= 0.6 is 0 Å². The Kier molecular flexibility index (Phi) is 3.97. The lowest BCUT2D eigenvalue weighted by Crippen LogP contribution is -2.57. The standard InChI is InChI=1S/C10H24N2Si2/c1-10(2,3)14(4,5)11-13-12-8-6-7-9-12/h11H,6-9H2,1-5H3. The Morgan fingerprint density at radius 2 is 1.64 bits per heavy atom. The second-order valence-corrected chi connectivity index (χ2v) is 12.4. The molecule has 1 heterocycles. The molecule has 0 aromatic heterocycles. The lowest BCUT2D eigenvalue weighted by molar-refractivity contribution is 0.544. The molecule has 2 radical (unpaired) electrons. The van der Waals surface area contributed by atoms with Crippen LogP contribution in [0.4, 0.5) is 0 Å². The molecule has 1 saturated heterocycles. The zero-order valence-electron chi connectivity index (χ0n) is 10.3. The van der Waals surface area contributed by atoms with Gasteiger partial charge in [-0.05, 0) is 31.0 Å². The Morgan fingerprint density at radius 1 is 1.14 bits per heavy atom. The van der Waals surface area contributed by atoms with Crippen LogP contribution in [0.15, 0.2) is 0 Å². The minimum absolute atomic E-state index is 0.458. The molecule has 0 unspecified atom stereocenters. The maximum Gasteiger partial charge on any atom is 0.240 e. The highest BCUT2D eigenvalue weighted by Gasteiger charge is 2.35. The van der Waals surface area contributed by atoms with Crippen molar-refractivity contribution >= 4 is 18.1 Å². The highest BCUT2D eigenvalue weighted by molar-refractivity contribution is 6.82. The molecule has 0 atom stereocenters. The van der Waals surface area contributed by atoms with Gasteiger partial charge in [0.2, 0.25) is 9.84 Å². The van der Waals surface area contributed by atoms with Gasteiger partial charge in [-0.2, -0.15) is 0 Å². The first-order valence-corrected chi connectivity index (χ1v) is 9.55. The Hall–Kier alpha value is 0.354. The quantitative estimate of drug-likeness (QED) is 0.745. The third-order valence-electron chi connectivity index (χ3n) is 3.51. The SMILES string of the molecule is CC(C)(C)[Si](C)(C)N[Si]N1CCCC1. The van der Waals surface area contributed by atoms with Crippen molar-refractivity contribution in [3.8, 4) is 0 Å². The van der Waals surface area contributed by atoms with Crippen molar-refractivity contribution in [2.24, 2.45) is 0 Å². The molecule has 82 valence electrons. The van der Waals surface area contributed by atoms with Crippen LogP contribution in [0, 0.1) is 0 Å². The average Bonchev–Trinajstić information content (AvgIpc) is 2.50. The van der Waals surface area contributed by atoms with Crippen LogP contribution in [0.1, 0.15) is 33.6 Å². The van der Waals surface area contributed by atoms with Gasteiger partial charge in [-0.25, -0.2) is 0 Å². The van der Waals surface area contributed by atoms with Crippen molar-refractivity contribution in [2.45, 2.75) is 51.7 Å². The number of nitrogens with zero attached hydrogens (tertiary/aromatic N) is 1. The molecule has 0 saturated carbocycles. The summed E-state index contributed by atoms with van der Waals surface area (Å²) < 4.78 is 6.40. The van der Waals surface area contributed by atoms with Crippen LogP contribution in [0.5, 0.6) is 0 Å². The average molecular weight is 228 g/mol. The molecular weight excluding hydrogens is 204 g/mol. The van der Waals surface area contributed by atoms with Crippen LogP contribution in [0.25, 0.3) is 0 Å². The number of hydrogen-bond donors (Lipinski definition) is 1. The summed E-state index contributed by atoms with van der Waals surface area (Å²) in [5.74, 6) is 0. The van der Waals surface area contributed by atoms with Gasteiger partial charge in [-0.3, -0.25) is 0 Å². The second-order valence-electron chi connectivity index (χ2n) is 5.81. The molecular formula is C10H24N2Si2. The smallest absolute Gasteiger partial charge is 0.240 e. The predicted molar refractivity (Wildman–Crippen MR) is 66.9 cm³/mol. The minimum atomic E-state index is -1.25. The lowest BCUT2D eigenvalue weighted by Gasteiger charge is -2.38. The molecule has 0 amide bonds. The molecule has 2 nitrogen and oxygen atoms in total. The van der Waals surface area contributed by atoms with Crippen molar-refractivity contribution < 1.29 is 0 Å². The van der Waals surface area contributed by atoms with Gasteiger partial charge in [-0.1, -0.05) is 33.9 Å². The molecule has 1 fully saturated rings. The van der Waals surface area contributed by atoms with E-state index in [1.54, 1.807) is 0 Å². The highest BCUT2D eigenvalue weighted by atomic mass is 28.4. The van der Waals surface area contributed by atoms with Gasteiger partial charge in [0.15, 0.2) is 0 Å². The minimum Gasteiger partial charge on any atom is -0.347 e. The van der Waals surface area contributed by atoms with Crippen LogP contribution in [-0.2, 0) is 0 Å². The third kappa shape index (κ3) is 3.19. The summed E-state index contributed by atoms with van der Waals surface area (Å²) in [5.41, 5.74) is 0. The van der Waals surface area contributed by atoms with E-state index in [0.717, 1.165) is 9.84 Å². The first-order chi connectivity index (χ1) is 6.33. The van der Waals surface area contributed by atoms with Gasteiger partial charge in [-0.15, -0.1) is 0 Å². The molecule has 1 aliphatic heterocycles. The fourth-order valence-corrected chi connectivity index (χ4v) is 5.03. The molecule has 4 heteroatoms. The molecule has 0 aromatic rings. The van der Waals surface area contributed by atoms with E-state index in [0.29, 0.717) is 5.04 Å². The largest absolute Gasteiger partial charge is 0.347 e. The van der Waals surface area contributed by atoms with E-state index in [1.807, 2.05) is 0 Å². The number of nitrogens with one attached hydrogen (secondary N) is 1. The van der Waals surface area contributed by atoms with Crippen LogP contribution in [0.2, 0.25) is 18.1 Å². The third-order valence-corrected chi connectivity index (χ3v) is 11.0. The van der Waals surface area contributed by atoms with E-state index in [4.69, 9.17) is 0 Å². The summed E-state index contributed by atoms with van der Waals surface area (Å²) in [6.07, 6.45) is 2.79. The molecule has 0 spiro atoms. The molecule has 0 bridgehead atoms. The Morgan fingerprint density at radius 3 is 2.07 bits per heavy atom. The molecule has 1 rings (SSSR count). The summed E-state index contributed by atoms with van der Waals surface area (Å²) in [5, 5.41) is 0.458. The van der Waals surface area contributed by atoms with E-state index in [1.165, 1.54) is 25.9 Å². The number of rotatable bonds is 3. The monoisotopic (exact) mass is 228 g/mol. The van der Waals surface area contributed by atoms with Crippen LogP contribution in [0.3, 0.4) is 0 Å². The second kappa shape index (κ2) is 4.47. The van der Waals surface area contributed by atoms with E-state index in [9.17, 15) is 0 Å². The van der Waals surface area contributed by atoms with Crippen molar-refractivity contribution in [1.29, 1.82) is 0 Å². The summed E-state index contributed by atoms with van der Waals surface area (Å²) in [6.45, 7) is 14.6. The molecule has 14 heavy (non-hydrogen) atoms. The Bertz CT molecular complexity index is 181. The topological polar surface area (TPSA) is 15.3 Å². The Balaban J connectivity index is 2.35. The molecule has 1 N–H and O–H groups in total. The summed E-state index contributed by atoms with van der Waals surface area (Å²) in [6, 6.07) is 0. The van der Waals surface area contributed by atoms with E-state index in [-0.39, 0.29) is 0 Å². The molecule has 0 aromatic carbocycles.